The Morgan fingerprint density at radius 2 is 1.67 bits per heavy atom. The molecule has 2 atom stereocenters. The Labute approximate surface area is 125 Å². The van der Waals surface area contributed by atoms with Gasteiger partial charge in [0.05, 0.1) is 11.8 Å². The monoisotopic (exact) mass is 298 g/mol. The Morgan fingerprint density at radius 1 is 1.10 bits per heavy atom. The summed E-state index contributed by atoms with van der Waals surface area (Å²) in [5.74, 6) is -2.15. The van der Waals surface area contributed by atoms with E-state index in [1.165, 1.54) is 0 Å². The van der Waals surface area contributed by atoms with Gasteiger partial charge in [0.15, 0.2) is 0 Å². The lowest BCUT2D eigenvalue weighted by Gasteiger charge is -2.27. The summed E-state index contributed by atoms with van der Waals surface area (Å²) in [6.45, 7) is 5.43. The maximum atomic E-state index is 12.1. The van der Waals surface area contributed by atoms with Gasteiger partial charge in [0.25, 0.3) is 0 Å². The van der Waals surface area contributed by atoms with Crippen LogP contribution in [0.15, 0.2) is 0 Å². The van der Waals surface area contributed by atoms with Crippen LogP contribution in [-0.2, 0) is 14.4 Å². The molecular weight excluding hydrogens is 272 g/mol. The van der Waals surface area contributed by atoms with Crippen molar-refractivity contribution in [2.24, 2.45) is 11.8 Å². The second-order valence-electron chi connectivity index (χ2n) is 5.44. The molecule has 120 valence electrons. The number of rotatable bonds is 7. The third-order valence-corrected chi connectivity index (χ3v) is 4.17. The van der Waals surface area contributed by atoms with Crippen LogP contribution in [0.2, 0.25) is 0 Å². The molecule has 0 aromatic rings. The summed E-state index contributed by atoms with van der Waals surface area (Å²) in [4.78, 5) is 36.8. The van der Waals surface area contributed by atoms with E-state index >= 15 is 0 Å². The first-order valence-corrected chi connectivity index (χ1v) is 7.79. The largest absolute Gasteiger partial charge is 0.481 e. The van der Waals surface area contributed by atoms with Crippen LogP contribution in [0, 0.1) is 11.8 Å². The molecule has 0 bridgehead atoms. The number of hydrogen-bond acceptors (Lipinski definition) is 3. The van der Waals surface area contributed by atoms with Crippen molar-refractivity contribution < 1.29 is 19.5 Å². The van der Waals surface area contributed by atoms with E-state index in [2.05, 4.69) is 5.32 Å². The number of carbonyl (C=O) groups is 3. The highest BCUT2D eigenvalue weighted by Crippen LogP contribution is 2.30. The Kier molecular flexibility index (Phi) is 7.19. The maximum Gasteiger partial charge on any atom is 0.307 e. The molecular formula is C15H26N2O4. The first-order chi connectivity index (χ1) is 10.0. The van der Waals surface area contributed by atoms with Gasteiger partial charge in [0.2, 0.25) is 11.8 Å². The van der Waals surface area contributed by atoms with E-state index in [1.807, 2.05) is 13.8 Å². The van der Waals surface area contributed by atoms with Crippen LogP contribution in [0.25, 0.3) is 0 Å². The Morgan fingerprint density at radius 3 is 2.19 bits per heavy atom. The number of amides is 2. The van der Waals surface area contributed by atoms with Crippen LogP contribution in [0.5, 0.6) is 0 Å². The van der Waals surface area contributed by atoms with Crippen LogP contribution in [0.4, 0.5) is 0 Å². The normalized spacial score (nSPS) is 21.6. The Balaban J connectivity index is 2.42. The van der Waals surface area contributed by atoms with E-state index in [4.69, 9.17) is 5.11 Å². The number of carboxylic acid groups (broad SMARTS) is 1. The van der Waals surface area contributed by atoms with Gasteiger partial charge >= 0.3 is 5.97 Å². The quantitative estimate of drug-likeness (QED) is 0.740. The topological polar surface area (TPSA) is 86.7 Å². The smallest absolute Gasteiger partial charge is 0.307 e. The lowest BCUT2D eigenvalue weighted by atomic mass is 9.78. The van der Waals surface area contributed by atoms with Gasteiger partial charge in [0.1, 0.15) is 0 Å². The van der Waals surface area contributed by atoms with Gasteiger partial charge in [-0.2, -0.15) is 0 Å². The molecule has 1 rings (SSSR count). The van der Waals surface area contributed by atoms with E-state index in [1.54, 1.807) is 4.90 Å². The van der Waals surface area contributed by atoms with Crippen molar-refractivity contribution in [1.82, 2.24) is 10.2 Å². The molecule has 1 fully saturated rings. The van der Waals surface area contributed by atoms with Gasteiger partial charge in [-0.05, 0) is 26.7 Å². The van der Waals surface area contributed by atoms with Crippen LogP contribution >= 0.6 is 0 Å². The second kappa shape index (κ2) is 8.64. The molecule has 0 saturated heterocycles. The van der Waals surface area contributed by atoms with E-state index in [0.717, 1.165) is 12.8 Å². The standard InChI is InChI=1S/C15H26N2O4/c1-3-17(4-2)13(18)9-10-16-14(19)11-7-5-6-8-12(11)15(20)21/h11-12H,3-10H2,1-2H3,(H,16,19)(H,20,21). The molecule has 21 heavy (non-hydrogen) atoms. The Hall–Kier alpha value is -1.59. The van der Waals surface area contributed by atoms with E-state index < -0.39 is 17.8 Å². The second-order valence-corrected chi connectivity index (χ2v) is 5.44. The summed E-state index contributed by atoms with van der Waals surface area (Å²) in [7, 11) is 0. The maximum absolute atomic E-state index is 12.1. The van der Waals surface area contributed by atoms with Gasteiger partial charge in [0, 0.05) is 26.1 Å². The predicted molar refractivity (Wildman–Crippen MR) is 78.6 cm³/mol. The SMILES string of the molecule is CCN(CC)C(=O)CCNC(=O)C1CCCCC1C(=O)O. The average Bonchev–Trinajstić information content (AvgIpc) is 2.48. The molecule has 1 aliphatic rings. The van der Waals surface area contributed by atoms with Crippen LogP contribution in [0.1, 0.15) is 46.0 Å². The fourth-order valence-corrected chi connectivity index (χ4v) is 2.90. The van der Waals surface area contributed by atoms with Crippen molar-refractivity contribution >= 4 is 17.8 Å². The van der Waals surface area contributed by atoms with Crippen molar-refractivity contribution in [2.75, 3.05) is 19.6 Å². The number of aliphatic carboxylic acids is 1. The summed E-state index contributed by atoms with van der Waals surface area (Å²) < 4.78 is 0. The highest BCUT2D eigenvalue weighted by molar-refractivity contribution is 5.85. The highest BCUT2D eigenvalue weighted by Gasteiger charge is 2.35. The fourth-order valence-electron chi connectivity index (χ4n) is 2.90. The molecule has 0 heterocycles. The summed E-state index contributed by atoms with van der Waals surface area (Å²) in [6.07, 6.45) is 3.19. The average molecular weight is 298 g/mol. The van der Waals surface area contributed by atoms with Crippen LogP contribution < -0.4 is 5.32 Å². The van der Waals surface area contributed by atoms with Gasteiger partial charge in [-0.1, -0.05) is 12.8 Å². The molecule has 0 spiro atoms. The zero-order valence-corrected chi connectivity index (χ0v) is 12.9. The number of carboxylic acids is 1. The fraction of sp³-hybridized carbons (Fsp3) is 0.800. The number of nitrogens with zero attached hydrogens (tertiary/aromatic N) is 1. The number of carbonyl (C=O) groups excluding carboxylic acids is 2. The zero-order chi connectivity index (χ0) is 15.8. The molecule has 1 aliphatic carbocycles. The number of hydrogen-bond donors (Lipinski definition) is 2. The molecule has 0 aromatic heterocycles. The summed E-state index contributed by atoms with van der Waals surface area (Å²) in [6, 6.07) is 0. The molecule has 0 radical (unpaired) electrons. The zero-order valence-electron chi connectivity index (χ0n) is 12.9. The van der Waals surface area contributed by atoms with Gasteiger partial charge in [-0.25, -0.2) is 0 Å². The first kappa shape index (κ1) is 17.5. The van der Waals surface area contributed by atoms with E-state index in [0.29, 0.717) is 25.9 Å². The third kappa shape index (κ3) is 5.02. The molecule has 6 heteroatoms. The Bertz CT molecular complexity index is 380. The summed E-state index contributed by atoms with van der Waals surface area (Å²) in [5, 5.41) is 11.9. The molecule has 2 N–H and O–H groups in total. The summed E-state index contributed by atoms with van der Waals surface area (Å²) >= 11 is 0. The minimum Gasteiger partial charge on any atom is -0.481 e. The molecule has 1 saturated carbocycles. The highest BCUT2D eigenvalue weighted by atomic mass is 16.4. The van der Waals surface area contributed by atoms with Crippen molar-refractivity contribution in [1.29, 1.82) is 0 Å². The summed E-state index contributed by atoms with van der Waals surface area (Å²) in [5.41, 5.74) is 0. The lowest BCUT2D eigenvalue weighted by molar-refractivity contribution is -0.149. The van der Waals surface area contributed by atoms with Gasteiger partial charge < -0.3 is 15.3 Å². The van der Waals surface area contributed by atoms with Crippen LogP contribution in [0.3, 0.4) is 0 Å². The molecule has 0 aliphatic heterocycles. The minimum atomic E-state index is -0.894. The van der Waals surface area contributed by atoms with Gasteiger partial charge in [-0.15, -0.1) is 0 Å². The number of nitrogens with one attached hydrogen (secondary N) is 1. The van der Waals surface area contributed by atoms with E-state index in [9.17, 15) is 14.4 Å². The lowest BCUT2D eigenvalue weighted by Crippen LogP contribution is -2.41. The van der Waals surface area contributed by atoms with E-state index in [-0.39, 0.29) is 24.8 Å². The molecule has 0 aromatic carbocycles. The van der Waals surface area contributed by atoms with Gasteiger partial charge in [-0.3, -0.25) is 14.4 Å². The van der Waals surface area contributed by atoms with Crippen LogP contribution in [-0.4, -0.2) is 47.4 Å². The molecule has 2 unspecified atom stereocenters. The van der Waals surface area contributed by atoms with Crippen molar-refractivity contribution in [3.63, 3.8) is 0 Å². The molecule has 2 amide bonds. The molecule has 6 nitrogen and oxygen atoms in total. The predicted octanol–water partition coefficient (Wildman–Crippen LogP) is 1.25. The first-order valence-electron chi connectivity index (χ1n) is 7.79. The minimum absolute atomic E-state index is 0.0127. The van der Waals surface area contributed by atoms with Crippen molar-refractivity contribution in [3.05, 3.63) is 0 Å². The van der Waals surface area contributed by atoms with Crippen molar-refractivity contribution in [3.8, 4) is 0 Å². The third-order valence-electron chi connectivity index (χ3n) is 4.17. The van der Waals surface area contributed by atoms with Crippen molar-refractivity contribution in [2.45, 2.75) is 46.0 Å².